The highest BCUT2D eigenvalue weighted by atomic mass is 16.5. The number of hydrogen-bond donors (Lipinski definition) is 2. The summed E-state index contributed by atoms with van der Waals surface area (Å²) in [5, 5.41) is 4.86. The molecule has 3 aromatic carbocycles. The van der Waals surface area contributed by atoms with Gasteiger partial charge in [-0.05, 0) is 48.0 Å². The monoisotopic (exact) mass is 334 g/mol. The molecule has 0 radical (unpaired) electrons. The molecule has 0 aromatic heterocycles. The fraction of sp³-hybridized carbons (Fsp3) is 0.100. The molecular weight excluding hydrogens is 316 g/mol. The fourth-order valence-electron chi connectivity index (χ4n) is 2.46. The number of nitrogens with one attached hydrogen (secondary N) is 1. The number of carbonyl (C=O) groups excluding carboxylic acids is 2. The van der Waals surface area contributed by atoms with Crippen LogP contribution >= 0.6 is 0 Å². The van der Waals surface area contributed by atoms with Gasteiger partial charge in [0.1, 0.15) is 0 Å². The van der Waals surface area contributed by atoms with Crippen LogP contribution in [-0.2, 0) is 9.53 Å². The summed E-state index contributed by atoms with van der Waals surface area (Å²) < 4.78 is 5.21. The van der Waals surface area contributed by atoms with Gasteiger partial charge in [0.05, 0.1) is 5.56 Å². The van der Waals surface area contributed by atoms with E-state index in [4.69, 9.17) is 10.5 Å². The fourth-order valence-corrected chi connectivity index (χ4v) is 2.46. The first-order chi connectivity index (χ1) is 12.0. The Kier molecular flexibility index (Phi) is 4.66. The van der Waals surface area contributed by atoms with Gasteiger partial charge in [0, 0.05) is 11.4 Å². The number of amides is 1. The number of ether oxygens (including phenoxy) is 1. The molecule has 5 nitrogen and oxygen atoms in total. The van der Waals surface area contributed by atoms with Gasteiger partial charge in [0.2, 0.25) is 0 Å². The number of carbonyl (C=O) groups is 2. The smallest absolute Gasteiger partial charge is 0.338 e. The number of rotatable bonds is 4. The molecule has 3 N–H and O–H groups in total. The van der Waals surface area contributed by atoms with Gasteiger partial charge in [-0.15, -0.1) is 0 Å². The summed E-state index contributed by atoms with van der Waals surface area (Å²) in [6.07, 6.45) is -0.930. The van der Waals surface area contributed by atoms with E-state index in [1.54, 1.807) is 18.2 Å². The first-order valence-corrected chi connectivity index (χ1v) is 7.89. The molecule has 0 bridgehead atoms. The predicted octanol–water partition coefficient (Wildman–Crippen LogP) is 3.61. The van der Waals surface area contributed by atoms with Crippen molar-refractivity contribution in [3.05, 3.63) is 72.3 Å². The summed E-state index contributed by atoms with van der Waals surface area (Å²) in [4.78, 5) is 24.4. The lowest BCUT2D eigenvalue weighted by Crippen LogP contribution is -2.30. The van der Waals surface area contributed by atoms with Gasteiger partial charge in [0.15, 0.2) is 6.10 Å². The number of nitrogen functional groups attached to an aromatic ring is 1. The average Bonchev–Trinajstić information content (AvgIpc) is 2.61. The molecule has 3 rings (SSSR count). The van der Waals surface area contributed by atoms with E-state index in [2.05, 4.69) is 5.32 Å². The minimum atomic E-state index is -0.930. The Morgan fingerprint density at radius 2 is 1.72 bits per heavy atom. The lowest BCUT2D eigenvalue weighted by Gasteiger charge is -2.14. The van der Waals surface area contributed by atoms with Crippen LogP contribution in [0.2, 0.25) is 0 Å². The van der Waals surface area contributed by atoms with E-state index >= 15 is 0 Å². The zero-order valence-corrected chi connectivity index (χ0v) is 13.7. The second-order valence-corrected chi connectivity index (χ2v) is 5.72. The molecule has 0 fully saturated rings. The third-order valence-corrected chi connectivity index (χ3v) is 3.79. The number of anilines is 2. The summed E-state index contributed by atoms with van der Waals surface area (Å²) >= 11 is 0. The Bertz CT molecular complexity index is 937. The van der Waals surface area contributed by atoms with Crippen molar-refractivity contribution >= 4 is 34.0 Å². The Morgan fingerprint density at radius 1 is 0.960 bits per heavy atom. The molecule has 126 valence electrons. The van der Waals surface area contributed by atoms with Gasteiger partial charge >= 0.3 is 5.97 Å². The van der Waals surface area contributed by atoms with Gasteiger partial charge in [-0.25, -0.2) is 4.79 Å². The van der Waals surface area contributed by atoms with E-state index in [9.17, 15) is 9.59 Å². The maximum absolute atomic E-state index is 12.3. The number of hydrogen-bond acceptors (Lipinski definition) is 4. The predicted molar refractivity (Wildman–Crippen MR) is 98.3 cm³/mol. The van der Waals surface area contributed by atoms with Crippen molar-refractivity contribution in [1.29, 1.82) is 0 Å². The lowest BCUT2D eigenvalue weighted by molar-refractivity contribution is -0.123. The molecule has 0 saturated heterocycles. The van der Waals surface area contributed by atoms with Crippen molar-refractivity contribution < 1.29 is 14.3 Å². The number of benzene rings is 3. The normalized spacial score (nSPS) is 11.7. The molecule has 0 aliphatic heterocycles. The van der Waals surface area contributed by atoms with E-state index in [0.717, 1.165) is 10.8 Å². The van der Waals surface area contributed by atoms with Crippen LogP contribution in [0.4, 0.5) is 11.4 Å². The number of esters is 1. The molecule has 0 heterocycles. The third kappa shape index (κ3) is 3.95. The first-order valence-electron chi connectivity index (χ1n) is 7.89. The van der Waals surface area contributed by atoms with Crippen LogP contribution in [0.5, 0.6) is 0 Å². The molecule has 1 atom stereocenters. The Balaban J connectivity index is 1.66. The van der Waals surface area contributed by atoms with Gasteiger partial charge < -0.3 is 15.8 Å². The van der Waals surface area contributed by atoms with Gasteiger partial charge in [-0.2, -0.15) is 0 Å². The van der Waals surface area contributed by atoms with Crippen LogP contribution < -0.4 is 11.1 Å². The second-order valence-electron chi connectivity index (χ2n) is 5.72. The van der Waals surface area contributed by atoms with Crippen LogP contribution in [0.3, 0.4) is 0 Å². The van der Waals surface area contributed by atoms with Crippen LogP contribution in [0, 0.1) is 0 Å². The third-order valence-electron chi connectivity index (χ3n) is 3.79. The van der Waals surface area contributed by atoms with E-state index in [0.29, 0.717) is 16.9 Å². The summed E-state index contributed by atoms with van der Waals surface area (Å²) in [6.45, 7) is 1.53. The summed E-state index contributed by atoms with van der Waals surface area (Å²) in [6, 6.07) is 19.9. The Labute approximate surface area is 145 Å². The maximum Gasteiger partial charge on any atom is 0.338 e. The Morgan fingerprint density at radius 3 is 2.48 bits per heavy atom. The van der Waals surface area contributed by atoms with E-state index in [1.807, 2.05) is 42.5 Å². The first kappa shape index (κ1) is 16.5. The summed E-state index contributed by atoms with van der Waals surface area (Å²) in [5.41, 5.74) is 7.07. The molecule has 1 amide bonds. The minimum Gasteiger partial charge on any atom is -0.449 e. The van der Waals surface area contributed by atoms with Gasteiger partial charge in [0.25, 0.3) is 5.91 Å². The molecule has 1 unspecified atom stereocenters. The lowest BCUT2D eigenvalue weighted by atomic mass is 10.1. The van der Waals surface area contributed by atoms with Crippen molar-refractivity contribution in [2.45, 2.75) is 13.0 Å². The van der Waals surface area contributed by atoms with Crippen molar-refractivity contribution in [2.75, 3.05) is 11.1 Å². The molecular formula is C20H18N2O3. The van der Waals surface area contributed by atoms with Crippen LogP contribution in [0.25, 0.3) is 10.8 Å². The van der Waals surface area contributed by atoms with Crippen molar-refractivity contribution in [1.82, 2.24) is 0 Å². The molecule has 0 aliphatic carbocycles. The topological polar surface area (TPSA) is 81.4 Å². The zero-order chi connectivity index (χ0) is 17.8. The van der Waals surface area contributed by atoms with Crippen LogP contribution in [0.15, 0.2) is 66.7 Å². The van der Waals surface area contributed by atoms with E-state index < -0.39 is 18.0 Å². The van der Waals surface area contributed by atoms with Crippen molar-refractivity contribution in [3.63, 3.8) is 0 Å². The van der Waals surface area contributed by atoms with Crippen molar-refractivity contribution in [2.24, 2.45) is 0 Å². The van der Waals surface area contributed by atoms with E-state index in [1.165, 1.54) is 13.0 Å². The summed E-state index contributed by atoms with van der Waals surface area (Å²) in [5.74, 6) is -0.985. The average molecular weight is 334 g/mol. The van der Waals surface area contributed by atoms with Crippen LogP contribution in [-0.4, -0.2) is 18.0 Å². The largest absolute Gasteiger partial charge is 0.449 e. The molecule has 25 heavy (non-hydrogen) atoms. The zero-order valence-electron chi connectivity index (χ0n) is 13.7. The number of nitrogens with two attached hydrogens (primary N) is 1. The molecule has 0 saturated carbocycles. The molecule has 0 spiro atoms. The molecule has 5 heteroatoms. The molecule has 0 aliphatic rings. The van der Waals surface area contributed by atoms with Crippen LogP contribution in [0.1, 0.15) is 17.3 Å². The second kappa shape index (κ2) is 7.05. The molecule has 3 aromatic rings. The highest BCUT2D eigenvalue weighted by molar-refractivity contribution is 5.99. The Hall–Kier alpha value is -3.34. The quantitative estimate of drug-likeness (QED) is 0.564. The van der Waals surface area contributed by atoms with Crippen molar-refractivity contribution in [3.8, 4) is 0 Å². The maximum atomic E-state index is 12.3. The summed E-state index contributed by atoms with van der Waals surface area (Å²) in [7, 11) is 0. The SMILES string of the molecule is CC(OC(=O)c1cccc(N)c1)C(=O)Nc1ccc2ccccc2c1. The highest BCUT2D eigenvalue weighted by Crippen LogP contribution is 2.19. The van der Waals surface area contributed by atoms with Gasteiger partial charge in [-0.3, -0.25) is 4.79 Å². The standard InChI is InChI=1S/C20H18N2O3/c1-13(25-20(24)16-7-4-8-17(21)11-16)19(23)22-18-10-9-14-5-2-3-6-15(14)12-18/h2-13H,21H2,1H3,(H,22,23). The minimum absolute atomic E-state index is 0.311. The number of fused-ring (bicyclic) bond motifs is 1. The van der Waals surface area contributed by atoms with E-state index in [-0.39, 0.29) is 0 Å². The highest BCUT2D eigenvalue weighted by Gasteiger charge is 2.19. The van der Waals surface area contributed by atoms with Gasteiger partial charge in [-0.1, -0.05) is 36.4 Å².